The lowest BCUT2D eigenvalue weighted by atomic mass is 10.1. The first kappa shape index (κ1) is 10.9. The third-order valence-corrected chi connectivity index (χ3v) is 2.68. The van der Waals surface area contributed by atoms with Gasteiger partial charge in [-0.05, 0) is 25.1 Å². The number of nitrogens with one attached hydrogen (secondary N) is 1. The van der Waals surface area contributed by atoms with Crippen LogP contribution in [0, 0.1) is 0 Å². The van der Waals surface area contributed by atoms with Crippen LogP contribution in [0.15, 0.2) is 36.8 Å². The third-order valence-electron chi connectivity index (χ3n) is 2.68. The number of hydrogen-bond donors (Lipinski definition) is 1. The van der Waals surface area contributed by atoms with Gasteiger partial charge in [-0.2, -0.15) is 0 Å². The molecule has 2 rings (SSSR count). The Balaban J connectivity index is 2.27. The summed E-state index contributed by atoms with van der Waals surface area (Å²) in [6.45, 7) is 3.99. The first-order valence-electron chi connectivity index (χ1n) is 5.59. The van der Waals surface area contributed by atoms with E-state index >= 15 is 0 Å². The van der Waals surface area contributed by atoms with Gasteiger partial charge in [-0.25, -0.2) is 4.98 Å². The molecule has 0 radical (unpaired) electrons. The molecule has 0 aliphatic heterocycles. The van der Waals surface area contributed by atoms with Gasteiger partial charge in [0.25, 0.3) is 0 Å². The molecule has 3 nitrogen and oxygen atoms in total. The first-order valence-corrected chi connectivity index (χ1v) is 5.59. The summed E-state index contributed by atoms with van der Waals surface area (Å²) in [6, 6.07) is 8.60. The van der Waals surface area contributed by atoms with E-state index in [0.29, 0.717) is 0 Å². The maximum atomic E-state index is 4.18. The standard InChI is InChI=1S/C13H17N3/c1-3-16-10-15-9-13(16)12-6-4-11(5-7-12)8-14-2/h4-7,9-10,14H,3,8H2,1-2H3. The molecule has 0 fully saturated rings. The summed E-state index contributed by atoms with van der Waals surface area (Å²) in [6.07, 6.45) is 3.79. The molecule has 1 heterocycles. The Morgan fingerprint density at radius 1 is 1.25 bits per heavy atom. The van der Waals surface area contributed by atoms with Gasteiger partial charge in [0.1, 0.15) is 0 Å². The summed E-state index contributed by atoms with van der Waals surface area (Å²) in [7, 11) is 1.96. The van der Waals surface area contributed by atoms with Gasteiger partial charge in [-0.1, -0.05) is 24.3 Å². The van der Waals surface area contributed by atoms with Crippen molar-refractivity contribution in [3.05, 3.63) is 42.4 Å². The molecule has 0 aliphatic rings. The van der Waals surface area contributed by atoms with Gasteiger partial charge in [-0.3, -0.25) is 0 Å². The maximum absolute atomic E-state index is 4.18. The molecular weight excluding hydrogens is 198 g/mol. The van der Waals surface area contributed by atoms with Gasteiger partial charge in [0.2, 0.25) is 0 Å². The Morgan fingerprint density at radius 3 is 2.62 bits per heavy atom. The van der Waals surface area contributed by atoms with Crippen molar-refractivity contribution in [2.75, 3.05) is 7.05 Å². The number of nitrogens with zero attached hydrogens (tertiary/aromatic N) is 2. The zero-order chi connectivity index (χ0) is 11.4. The van der Waals surface area contributed by atoms with E-state index in [9.17, 15) is 0 Å². The molecule has 0 aliphatic carbocycles. The quantitative estimate of drug-likeness (QED) is 0.848. The zero-order valence-corrected chi connectivity index (χ0v) is 9.77. The molecule has 3 heteroatoms. The van der Waals surface area contributed by atoms with E-state index in [-0.39, 0.29) is 0 Å². The number of aromatic nitrogens is 2. The lowest BCUT2D eigenvalue weighted by Crippen LogP contribution is -2.04. The second kappa shape index (κ2) is 4.94. The molecule has 0 unspecified atom stereocenters. The molecule has 0 saturated heterocycles. The van der Waals surface area contributed by atoms with E-state index in [2.05, 4.69) is 46.1 Å². The largest absolute Gasteiger partial charge is 0.331 e. The second-order valence-electron chi connectivity index (χ2n) is 3.79. The topological polar surface area (TPSA) is 29.9 Å². The van der Waals surface area contributed by atoms with Crippen molar-refractivity contribution in [1.29, 1.82) is 0 Å². The molecule has 0 bridgehead atoms. The molecule has 0 atom stereocenters. The number of rotatable bonds is 4. The van der Waals surface area contributed by atoms with Crippen molar-refractivity contribution >= 4 is 0 Å². The average molecular weight is 215 g/mol. The minimum absolute atomic E-state index is 0.910. The van der Waals surface area contributed by atoms with Gasteiger partial charge in [0.15, 0.2) is 0 Å². The molecular formula is C13H17N3. The van der Waals surface area contributed by atoms with Crippen molar-refractivity contribution in [1.82, 2.24) is 14.9 Å². The van der Waals surface area contributed by atoms with Gasteiger partial charge in [0, 0.05) is 13.1 Å². The van der Waals surface area contributed by atoms with E-state index in [1.165, 1.54) is 16.8 Å². The van der Waals surface area contributed by atoms with Crippen LogP contribution < -0.4 is 5.32 Å². The van der Waals surface area contributed by atoms with Crippen molar-refractivity contribution < 1.29 is 0 Å². The highest BCUT2D eigenvalue weighted by Crippen LogP contribution is 2.19. The number of imidazole rings is 1. The van der Waals surface area contributed by atoms with Crippen molar-refractivity contribution in [3.8, 4) is 11.3 Å². The van der Waals surface area contributed by atoms with Crippen molar-refractivity contribution in [3.63, 3.8) is 0 Å². The molecule has 2 aromatic rings. The van der Waals surface area contributed by atoms with Crippen LogP contribution in [0.4, 0.5) is 0 Å². The summed E-state index contributed by atoms with van der Waals surface area (Å²) < 4.78 is 2.15. The van der Waals surface area contributed by atoms with Crippen LogP contribution in [0.2, 0.25) is 0 Å². The SMILES string of the molecule is CCn1cncc1-c1ccc(CNC)cc1. The fourth-order valence-corrected chi connectivity index (χ4v) is 1.81. The molecule has 16 heavy (non-hydrogen) atoms. The molecule has 1 aromatic carbocycles. The monoisotopic (exact) mass is 215 g/mol. The van der Waals surface area contributed by atoms with Crippen molar-refractivity contribution in [2.24, 2.45) is 0 Å². The van der Waals surface area contributed by atoms with Crippen LogP contribution >= 0.6 is 0 Å². The normalized spacial score (nSPS) is 10.6. The third kappa shape index (κ3) is 2.14. The van der Waals surface area contributed by atoms with Gasteiger partial charge in [0.05, 0.1) is 18.2 Å². The summed E-state index contributed by atoms with van der Waals surface area (Å²) in [4.78, 5) is 4.18. The van der Waals surface area contributed by atoms with E-state index in [0.717, 1.165) is 13.1 Å². The highest BCUT2D eigenvalue weighted by Gasteiger charge is 2.03. The lowest BCUT2D eigenvalue weighted by Gasteiger charge is -2.06. The van der Waals surface area contributed by atoms with E-state index in [1.807, 2.05) is 19.6 Å². The highest BCUT2D eigenvalue weighted by atomic mass is 15.0. The molecule has 1 N–H and O–H groups in total. The minimum atomic E-state index is 0.910. The van der Waals surface area contributed by atoms with Crippen LogP contribution in [0.3, 0.4) is 0 Å². The maximum Gasteiger partial charge on any atom is 0.0950 e. The molecule has 0 spiro atoms. The van der Waals surface area contributed by atoms with E-state index < -0.39 is 0 Å². The van der Waals surface area contributed by atoms with Crippen molar-refractivity contribution in [2.45, 2.75) is 20.0 Å². The molecule has 0 saturated carbocycles. The Labute approximate surface area is 96.1 Å². The number of aryl methyl sites for hydroxylation is 1. The number of benzene rings is 1. The summed E-state index contributed by atoms with van der Waals surface area (Å²) in [5, 5.41) is 3.14. The van der Waals surface area contributed by atoms with E-state index in [1.54, 1.807) is 0 Å². The summed E-state index contributed by atoms with van der Waals surface area (Å²) >= 11 is 0. The Morgan fingerprint density at radius 2 is 2.00 bits per heavy atom. The summed E-state index contributed by atoms with van der Waals surface area (Å²) in [5.74, 6) is 0. The minimum Gasteiger partial charge on any atom is -0.331 e. The Hall–Kier alpha value is -1.61. The van der Waals surface area contributed by atoms with E-state index in [4.69, 9.17) is 0 Å². The van der Waals surface area contributed by atoms with Gasteiger partial charge >= 0.3 is 0 Å². The van der Waals surface area contributed by atoms with Crippen LogP contribution in [0.5, 0.6) is 0 Å². The fraction of sp³-hybridized carbons (Fsp3) is 0.308. The average Bonchev–Trinajstić information content (AvgIpc) is 2.78. The van der Waals surface area contributed by atoms with Gasteiger partial charge < -0.3 is 9.88 Å². The van der Waals surface area contributed by atoms with Crippen LogP contribution in [-0.2, 0) is 13.1 Å². The van der Waals surface area contributed by atoms with Crippen LogP contribution in [-0.4, -0.2) is 16.6 Å². The molecule has 0 amide bonds. The Kier molecular flexibility index (Phi) is 3.37. The summed E-state index contributed by atoms with van der Waals surface area (Å²) in [5.41, 5.74) is 3.70. The number of hydrogen-bond acceptors (Lipinski definition) is 2. The highest BCUT2D eigenvalue weighted by molar-refractivity contribution is 5.59. The predicted octanol–water partition coefficient (Wildman–Crippen LogP) is 2.29. The fourth-order valence-electron chi connectivity index (χ4n) is 1.81. The first-order chi connectivity index (χ1) is 7.85. The lowest BCUT2D eigenvalue weighted by molar-refractivity contribution is 0.768. The van der Waals surface area contributed by atoms with Crippen LogP contribution in [0.1, 0.15) is 12.5 Å². The smallest absolute Gasteiger partial charge is 0.0950 e. The van der Waals surface area contributed by atoms with Gasteiger partial charge in [-0.15, -0.1) is 0 Å². The zero-order valence-electron chi connectivity index (χ0n) is 9.77. The molecule has 84 valence electrons. The Bertz CT molecular complexity index is 442. The molecule has 1 aromatic heterocycles. The second-order valence-corrected chi connectivity index (χ2v) is 3.79. The predicted molar refractivity (Wildman–Crippen MR) is 66.1 cm³/mol. The van der Waals surface area contributed by atoms with Crippen LogP contribution in [0.25, 0.3) is 11.3 Å².